The van der Waals surface area contributed by atoms with E-state index in [2.05, 4.69) is 15.0 Å². The zero-order chi connectivity index (χ0) is 13.0. The number of pyridine rings is 1. The van der Waals surface area contributed by atoms with Gasteiger partial charge in [-0.3, -0.25) is 4.98 Å². The third-order valence-electron chi connectivity index (χ3n) is 2.36. The molecule has 0 fully saturated rings. The molecule has 0 radical (unpaired) electrons. The molecule has 0 amide bonds. The van der Waals surface area contributed by atoms with E-state index in [1.807, 2.05) is 0 Å². The number of carbonyl (C=O) groups excluding carboxylic acids is 1. The van der Waals surface area contributed by atoms with Crippen molar-refractivity contribution in [1.82, 2.24) is 15.0 Å². The summed E-state index contributed by atoms with van der Waals surface area (Å²) in [6.07, 6.45) is 4.81. The molecule has 0 bridgehead atoms. The molecule has 0 N–H and O–H groups in total. The first kappa shape index (κ1) is 12.2. The van der Waals surface area contributed by atoms with Gasteiger partial charge in [0.15, 0.2) is 0 Å². The van der Waals surface area contributed by atoms with E-state index in [-0.39, 0.29) is 0 Å². The number of carbonyl (C=O) groups is 1. The Kier molecular flexibility index (Phi) is 3.62. The maximum Gasteiger partial charge on any atom is 0.341 e. The fourth-order valence-electron chi connectivity index (χ4n) is 1.56. The monoisotopic (exact) mass is 243 g/mol. The van der Waals surface area contributed by atoms with Crippen LogP contribution >= 0.6 is 0 Å². The van der Waals surface area contributed by atoms with Crippen molar-refractivity contribution in [2.45, 2.75) is 13.8 Å². The summed E-state index contributed by atoms with van der Waals surface area (Å²) in [5.74, 6) is 0.194. The molecule has 0 aliphatic carbocycles. The molecule has 2 rings (SSSR count). The van der Waals surface area contributed by atoms with Crippen LogP contribution < -0.4 is 0 Å². The summed E-state index contributed by atoms with van der Waals surface area (Å²) in [5.41, 5.74) is 1.76. The Labute approximate surface area is 105 Å². The smallest absolute Gasteiger partial charge is 0.341 e. The lowest BCUT2D eigenvalue weighted by molar-refractivity contribution is 0.0526. The lowest BCUT2D eigenvalue weighted by atomic mass is 10.1. The minimum atomic E-state index is -0.413. The van der Waals surface area contributed by atoms with Gasteiger partial charge >= 0.3 is 5.97 Å². The molecule has 0 aliphatic rings. The fraction of sp³-hybridized carbons (Fsp3) is 0.231. The first-order chi connectivity index (χ1) is 8.72. The van der Waals surface area contributed by atoms with E-state index in [4.69, 9.17) is 4.74 Å². The molecular weight excluding hydrogens is 230 g/mol. The van der Waals surface area contributed by atoms with E-state index in [0.29, 0.717) is 23.7 Å². The van der Waals surface area contributed by atoms with Crippen molar-refractivity contribution in [2.75, 3.05) is 6.61 Å². The Balaban J connectivity index is 2.51. The third-order valence-corrected chi connectivity index (χ3v) is 2.36. The average Bonchev–Trinajstić information content (AvgIpc) is 2.40. The summed E-state index contributed by atoms with van der Waals surface area (Å²) >= 11 is 0. The molecule has 0 unspecified atom stereocenters. The number of nitrogens with zero attached hydrogens (tertiary/aromatic N) is 3. The molecule has 0 atom stereocenters. The highest BCUT2D eigenvalue weighted by Gasteiger charge is 2.16. The van der Waals surface area contributed by atoms with Crippen LogP contribution in [0.4, 0.5) is 0 Å². The highest BCUT2D eigenvalue weighted by Crippen LogP contribution is 2.21. The summed E-state index contributed by atoms with van der Waals surface area (Å²) in [7, 11) is 0. The van der Waals surface area contributed by atoms with Gasteiger partial charge < -0.3 is 4.74 Å². The van der Waals surface area contributed by atoms with Crippen molar-refractivity contribution < 1.29 is 9.53 Å². The van der Waals surface area contributed by atoms with Gasteiger partial charge in [-0.25, -0.2) is 14.8 Å². The standard InChI is InChI=1S/C13H13N3O2/c1-3-18-13(17)11-8-15-9(2)16-12(11)10-4-6-14-7-5-10/h4-8H,3H2,1-2H3. The van der Waals surface area contributed by atoms with Gasteiger partial charge in [0.1, 0.15) is 11.4 Å². The molecular formula is C13H13N3O2. The summed E-state index contributed by atoms with van der Waals surface area (Å²) in [6.45, 7) is 3.86. The molecule has 2 aromatic heterocycles. The minimum absolute atomic E-state index is 0.322. The first-order valence-corrected chi connectivity index (χ1v) is 5.63. The zero-order valence-corrected chi connectivity index (χ0v) is 10.3. The first-order valence-electron chi connectivity index (χ1n) is 5.63. The van der Waals surface area contributed by atoms with E-state index in [1.165, 1.54) is 6.20 Å². The summed E-state index contributed by atoms with van der Waals surface area (Å²) in [6, 6.07) is 3.59. The topological polar surface area (TPSA) is 65.0 Å². The van der Waals surface area contributed by atoms with Crippen molar-refractivity contribution >= 4 is 5.97 Å². The normalized spacial score (nSPS) is 10.1. The molecule has 0 saturated heterocycles. The SMILES string of the molecule is CCOC(=O)c1cnc(C)nc1-c1ccncc1. The summed E-state index contributed by atoms with van der Waals surface area (Å²) in [4.78, 5) is 24.1. The van der Waals surface area contributed by atoms with Crippen LogP contribution in [0.2, 0.25) is 0 Å². The van der Waals surface area contributed by atoms with Crippen LogP contribution in [0.5, 0.6) is 0 Å². The van der Waals surface area contributed by atoms with Gasteiger partial charge in [0.25, 0.3) is 0 Å². The lowest BCUT2D eigenvalue weighted by Crippen LogP contribution is -2.09. The minimum Gasteiger partial charge on any atom is -0.462 e. The maximum absolute atomic E-state index is 11.8. The van der Waals surface area contributed by atoms with Crippen LogP contribution in [0.25, 0.3) is 11.3 Å². The van der Waals surface area contributed by atoms with E-state index >= 15 is 0 Å². The quantitative estimate of drug-likeness (QED) is 0.772. The second-order valence-electron chi connectivity index (χ2n) is 3.64. The molecule has 5 heteroatoms. The van der Waals surface area contributed by atoms with Gasteiger partial charge in [-0.05, 0) is 26.0 Å². The molecule has 0 saturated carbocycles. The Bertz CT molecular complexity index is 555. The molecule has 2 heterocycles. The van der Waals surface area contributed by atoms with Crippen LogP contribution in [-0.4, -0.2) is 27.5 Å². The number of aromatic nitrogens is 3. The van der Waals surface area contributed by atoms with E-state index in [1.54, 1.807) is 38.4 Å². The average molecular weight is 243 g/mol. The largest absolute Gasteiger partial charge is 0.462 e. The Morgan fingerprint density at radius 3 is 2.72 bits per heavy atom. The van der Waals surface area contributed by atoms with Crippen molar-refractivity contribution in [3.8, 4) is 11.3 Å². The molecule has 5 nitrogen and oxygen atoms in total. The molecule has 0 aromatic carbocycles. The molecule has 0 aliphatic heterocycles. The molecule has 92 valence electrons. The van der Waals surface area contributed by atoms with Crippen LogP contribution in [0, 0.1) is 6.92 Å². The van der Waals surface area contributed by atoms with Gasteiger partial charge in [0.05, 0.1) is 12.3 Å². The van der Waals surface area contributed by atoms with Crippen LogP contribution in [0.1, 0.15) is 23.1 Å². The highest BCUT2D eigenvalue weighted by atomic mass is 16.5. The van der Waals surface area contributed by atoms with Gasteiger partial charge in [-0.2, -0.15) is 0 Å². The second-order valence-corrected chi connectivity index (χ2v) is 3.64. The van der Waals surface area contributed by atoms with Crippen molar-refractivity contribution in [2.24, 2.45) is 0 Å². The summed E-state index contributed by atoms with van der Waals surface area (Å²) < 4.78 is 5.00. The van der Waals surface area contributed by atoms with Gasteiger partial charge in [0, 0.05) is 24.2 Å². The van der Waals surface area contributed by atoms with Crippen molar-refractivity contribution in [3.63, 3.8) is 0 Å². The zero-order valence-electron chi connectivity index (χ0n) is 10.3. The number of hydrogen-bond acceptors (Lipinski definition) is 5. The molecule has 18 heavy (non-hydrogen) atoms. The highest BCUT2D eigenvalue weighted by molar-refractivity contribution is 5.95. The third kappa shape index (κ3) is 2.51. The second kappa shape index (κ2) is 5.35. The van der Waals surface area contributed by atoms with Gasteiger partial charge in [-0.1, -0.05) is 0 Å². The van der Waals surface area contributed by atoms with Crippen LogP contribution in [-0.2, 0) is 4.74 Å². The number of ether oxygens (including phenoxy) is 1. The maximum atomic E-state index is 11.8. The lowest BCUT2D eigenvalue weighted by Gasteiger charge is -2.08. The fourth-order valence-corrected chi connectivity index (χ4v) is 1.56. The molecule has 2 aromatic rings. The number of hydrogen-bond donors (Lipinski definition) is 0. The molecule has 0 spiro atoms. The number of aryl methyl sites for hydroxylation is 1. The van der Waals surface area contributed by atoms with Gasteiger partial charge in [0.2, 0.25) is 0 Å². The van der Waals surface area contributed by atoms with Crippen molar-refractivity contribution in [1.29, 1.82) is 0 Å². The predicted molar refractivity (Wildman–Crippen MR) is 66.0 cm³/mol. The summed E-state index contributed by atoms with van der Waals surface area (Å²) in [5, 5.41) is 0. The van der Waals surface area contributed by atoms with E-state index < -0.39 is 5.97 Å². The van der Waals surface area contributed by atoms with E-state index in [9.17, 15) is 4.79 Å². The Morgan fingerprint density at radius 2 is 2.06 bits per heavy atom. The number of rotatable bonds is 3. The van der Waals surface area contributed by atoms with Gasteiger partial charge in [-0.15, -0.1) is 0 Å². The van der Waals surface area contributed by atoms with Crippen LogP contribution in [0.3, 0.4) is 0 Å². The van der Waals surface area contributed by atoms with E-state index in [0.717, 1.165) is 5.56 Å². The van der Waals surface area contributed by atoms with Crippen LogP contribution in [0.15, 0.2) is 30.7 Å². The Hall–Kier alpha value is -2.30. The van der Waals surface area contributed by atoms with Crippen molar-refractivity contribution in [3.05, 3.63) is 42.1 Å². The predicted octanol–water partition coefficient (Wildman–Crippen LogP) is 2.02. The number of esters is 1. The Morgan fingerprint density at radius 1 is 1.33 bits per heavy atom.